The Kier molecular flexibility index (Phi) is 2.50. The molecular formula is C11H16N2O2. The van der Waals surface area contributed by atoms with Gasteiger partial charge in [0.1, 0.15) is 5.82 Å². The number of fused-ring (bicyclic) bond motifs is 1. The highest BCUT2D eigenvalue weighted by atomic mass is 16.4. The molecule has 0 aliphatic carbocycles. The molecular weight excluding hydrogens is 192 g/mol. The number of rotatable bonds is 2. The SMILES string of the molecule is CCc1nc(C)c2n1CC(C(=O)O)CC2. The highest BCUT2D eigenvalue weighted by molar-refractivity contribution is 5.70. The predicted molar refractivity (Wildman–Crippen MR) is 55.8 cm³/mol. The highest BCUT2D eigenvalue weighted by Crippen LogP contribution is 2.24. The van der Waals surface area contributed by atoms with Crippen LogP contribution in [0.5, 0.6) is 0 Å². The maximum Gasteiger partial charge on any atom is 0.308 e. The molecule has 1 aliphatic rings. The summed E-state index contributed by atoms with van der Waals surface area (Å²) in [6, 6.07) is 0. The summed E-state index contributed by atoms with van der Waals surface area (Å²) in [5.41, 5.74) is 2.29. The second kappa shape index (κ2) is 3.68. The second-order valence-corrected chi connectivity index (χ2v) is 4.10. The Morgan fingerprint density at radius 2 is 2.40 bits per heavy atom. The molecule has 0 aromatic carbocycles. The number of aliphatic carboxylic acids is 1. The highest BCUT2D eigenvalue weighted by Gasteiger charge is 2.27. The summed E-state index contributed by atoms with van der Waals surface area (Å²) in [5.74, 6) is 0.0962. The Morgan fingerprint density at radius 3 is 3.00 bits per heavy atom. The van der Waals surface area contributed by atoms with Crippen molar-refractivity contribution in [2.45, 2.75) is 39.7 Å². The van der Waals surface area contributed by atoms with E-state index in [4.69, 9.17) is 5.11 Å². The van der Waals surface area contributed by atoms with Gasteiger partial charge in [-0.1, -0.05) is 6.92 Å². The molecule has 0 radical (unpaired) electrons. The number of hydrogen-bond donors (Lipinski definition) is 1. The van der Waals surface area contributed by atoms with Crippen LogP contribution < -0.4 is 0 Å². The normalized spacial score (nSPS) is 20.0. The lowest BCUT2D eigenvalue weighted by Gasteiger charge is -2.22. The average Bonchev–Trinajstić information content (AvgIpc) is 2.55. The zero-order valence-electron chi connectivity index (χ0n) is 9.16. The van der Waals surface area contributed by atoms with E-state index in [1.165, 1.54) is 5.69 Å². The maximum atomic E-state index is 10.9. The second-order valence-electron chi connectivity index (χ2n) is 4.10. The smallest absolute Gasteiger partial charge is 0.308 e. The quantitative estimate of drug-likeness (QED) is 0.799. The first-order valence-electron chi connectivity index (χ1n) is 5.41. The lowest BCUT2D eigenvalue weighted by molar-refractivity contribution is -0.142. The molecule has 1 atom stereocenters. The molecule has 1 aromatic rings. The van der Waals surface area contributed by atoms with E-state index in [-0.39, 0.29) is 5.92 Å². The molecule has 1 aliphatic heterocycles. The third kappa shape index (κ3) is 1.64. The minimum atomic E-state index is -0.686. The molecule has 2 rings (SSSR count). The molecule has 0 bridgehead atoms. The number of imidazole rings is 1. The van der Waals surface area contributed by atoms with E-state index in [0.717, 1.165) is 30.8 Å². The van der Waals surface area contributed by atoms with Gasteiger partial charge >= 0.3 is 5.97 Å². The number of carboxylic acid groups (broad SMARTS) is 1. The van der Waals surface area contributed by atoms with Crippen LogP contribution in [0.1, 0.15) is 30.6 Å². The molecule has 0 spiro atoms. The zero-order chi connectivity index (χ0) is 11.0. The zero-order valence-corrected chi connectivity index (χ0v) is 9.16. The first kappa shape index (κ1) is 10.2. The molecule has 1 aromatic heterocycles. The topological polar surface area (TPSA) is 55.1 Å². The van der Waals surface area contributed by atoms with Crippen molar-refractivity contribution in [1.82, 2.24) is 9.55 Å². The number of carboxylic acids is 1. The Bertz CT molecular complexity index is 396. The van der Waals surface area contributed by atoms with Crippen LogP contribution in [-0.4, -0.2) is 20.6 Å². The van der Waals surface area contributed by atoms with E-state index in [0.29, 0.717) is 6.54 Å². The van der Waals surface area contributed by atoms with Crippen molar-refractivity contribution in [3.63, 3.8) is 0 Å². The monoisotopic (exact) mass is 208 g/mol. The molecule has 82 valence electrons. The number of carbonyl (C=O) groups is 1. The van der Waals surface area contributed by atoms with Crippen LogP contribution in [0.4, 0.5) is 0 Å². The Morgan fingerprint density at radius 1 is 1.67 bits per heavy atom. The molecule has 1 N–H and O–H groups in total. The van der Waals surface area contributed by atoms with Crippen molar-refractivity contribution >= 4 is 5.97 Å². The largest absolute Gasteiger partial charge is 0.481 e. The van der Waals surface area contributed by atoms with Crippen molar-refractivity contribution in [1.29, 1.82) is 0 Å². The summed E-state index contributed by atoms with van der Waals surface area (Å²) in [6.07, 6.45) is 2.45. The van der Waals surface area contributed by atoms with E-state index in [9.17, 15) is 4.79 Å². The third-order valence-electron chi connectivity index (χ3n) is 3.15. The van der Waals surface area contributed by atoms with Gasteiger partial charge in [0.15, 0.2) is 0 Å². The Hall–Kier alpha value is -1.32. The van der Waals surface area contributed by atoms with Gasteiger partial charge < -0.3 is 9.67 Å². The van der Waals surface area contributed by atoms with E-state index < -0.39 is 5.97 Å². The minimum Gasteiger partial charge on any atom is -0.481 e. The molecule has 4 nitrogen and oxygen atoms in total. The number of hydrogen-bond acceptors (Lipinski definition) is 2. The van der Waals surface area contributed by atoms with E-state index >= 15 is 0 Å². The maximum absolute atomic E-state index is 10.9. The molecule has 0 amide bonds. The molecule has 0 fully saturated rings. The molecule has 0 saturated carbocycles. The van der Waals surface area contributed by atoms with E-state index in [2.05, 4.69) is 16.5 Å². The van der Waals surface area contributed by atoms with Gasteiger partial charge in [0.2, 0.25) is 0 Å². The molecule has 0 saturated heterocycles. The van der Waals surface area contributed by atoms with Crippen molar-refractivity contribution in [2.24, 2.45) is 5.92 Å². The summed E-state index contributed by atoms with van der Waals surface area (Å²) in [6.45, 7) is 4.65. The lowest BCUT2D eigenvalue weighted by atomic mass is 9.97. The van der Waals surface area contributed by atoms with Gasteiger partial charge in [0.25, 0.3) is 0 Å². The summed E-state index contributed by atoms with van der Waals surface area (Å²) >= 11 is 0. The fraction of sp³-hybridized carbons (Fsp3) is 0.636. The van der Waals surface area contributed by atoms with Gasteiger partial charge in [-0.05, 0) is 19.8 Å². The van der Waals surface area contributed by atoms with Crippen molar-refractivity contribution in [3.05, 3.63) is 17.2 Å². The lowest BCUT2D eigenvalue weighted by Crippen LogP contribution is -2.27. The minimum absolute atomic E-state index is 0.239. The van der Waals surface area contributed by atoms with Gasteiger partial charge in [-0.25, -0.2) is 4.98 Å². The van der Waals surface area contributed by atoms with Crippen LogP contribution in [0.15, 0.2) is 0 Å². The van der Waals surface area contributed by atoms with Crippen LogP contribution in [0.3, 0.4) is 0 Å². The standard InChI is InChI=1S/C11H16N2O2/c1-3-10-12-7(2)9-5-4-8(11(14)15)6-13(9)10/h8H,3-6H2,1-2H3,(H,14,15). The Balaban J connectivity index is 2.35. The average molecular weight is 208 g/mol. The number of nitrogens with zero attached hydrogens (tertiary/aromatic N) is 2. The van der Waals surface area contributed by atoms with Crippen molar-refractivity contribution < 1.29 is 9.90 Å². The van der Waals surface area contributed by atoms with Crippen LogP contribution in [0, 0.1) is 12.8 Å². The Labute approximate surface area is 88.9 Å². The number of aryl methyl sites for hydroxylation is 2. The van der Waals surface area contributed by atoms with Gasteiger partial charge in [-0.2, -0.15) is 0 Å². The third-order valence-corrected chi connectivity index (χ3v) is 3.15. The van der Waals surface area contributed by atoms with Gasteiger partial charge in [0, 0.05) is 18.7 Å². The molecule has 15 heavy (non-hydrogen) atoms. The fourth-order valence-corrected chi connectivity index (χ4v) is 2.30. The van der Waals surface area contributed by atoms with Gasteiger partial charge in [-0.15, -0.1) is 0 Å². The summed E-state index contributed by atoms with van der Waals surface area (Å²) in [4.78, 5) is 15.4. The van der Waals surface area contributed by atoms with Gasteiger partial charge in [0.05, 0.1) is 11.6 Å². The van der Waals surface area contributed by atoms with Crippen LogP contribution >= 0.6 is 0 Å². The summed E-state index contributed by atoms with van der Waals surface area (Å²) in [7, 11) is 0. The molecule has 4 heteroatoms. The number of aromatic nitrogens is 2. The van der Waals surface area contributed by atoms with Crippen molar-refractivity contribution in [3.8, 4) is 0 Å². The predicted octanol–water partition coefficient (Wildman–Crippen LogP) is 1.40. The summed E-state index contributed by atoms with van der Waals surface area (Å²) in [5, 5.41) is 9.00. The van der Waals surface area contributed by atoms with Gasteiger partial charge in [-0.3, -0.25) is 4.79 Å². The first-order chi connectivity index (χ1) is 7.13. The van der Waals surface area contributed by atoms with Crippen LogP contribution in [-0.2, 0) is 24.2 Å². The van der Waals surface area contributed by atoms with Crippen LogP contribution in [0.25, 0.3) is 0 Å². The fourth-order valence-electron chi connectivity index (χ4n) is 2.30. The first-order valence-corrected chi connectivity index (χ1v) is 5.41. The molecule has 2 heterocycles. The summed E-state index contributed by atoms with van der Waals surface area (Å²) < 4.78 is 2.09. The van der Waals surface area contributed by atoms with E-state index in [1.807, 2.05) is 6.92 Å². The van der Waals surface area contributed by atoms with Crippen molar-refractivity contribution in [2.75, 3.05) is 0 Å². The van der Waals surface area contributed by atoms with Crippen LogP contribution in [0.2, 0.25) is 0 Å². The molecule has 1 unspecified atom stereocenters. The van der Waals surface area contributed by atoms with E-state index in [1.54, 1.807) is 0 Å².